The molecule has 0 saturated carbocycles. The van der Waals surface area contributed by atoms with Gasteiger partial charge in [0.05, 0.1) is 0 Å². The van der Waals surface area contributed by atoms with E-state index in [1.807, 2.05) is 0 Å². The Hall–Kier alpha value is 0.532. The third kappa shape index (κ3) is 6.65. The molecule has 0 N–H and O–H groups in total. The average Bonchev–Trinajstić information content (AvgIpc) is 1.58. The van der Waals surface area contributed by atoms with Gasteiger partial charge < -0.3 is 0 Å². The van der Waals surface area contributed by atoms with Crippen LogP contribution >= 0.6 is 0 Å². The summed E-state index contributed by atoms with van der Waals surface area (Å²) in [5, 5.41) is 3.05. The fourth-order valence-corrected chi connectivity index (χ4v) is 5.12. The molecule has 0 radical (unpaired) electrons. The predicted octanol–water partition coefficient (Wildman–Crippen LogP) is 3.42. The van der Waals surface area contributed by atoms with Gasteiger partial charge in [0.2, 0.25) is 0 Å². The Kier molecular flexibility index (Phi) is 5.50. The second-order valence-electron chi connectivity index (χ2n) is 4.36. The van der Waals surface area contributed by atoms with Crippen molar-refractivity contribution in [2.45, 2.75) is 44.0 Å². The van der Waals surface area contributed by atoms with Gasteiger partial charge in [-0.15, -0.1) is 5.79 Å². The highest BCUT2D eigenvalue weighted by atomic mass is 27.2. The van der Waals surface area contributed by atoms with Crippen molar-refractivity contribution in [3.05, 3.63) is 0 Å². The maximum atomic E-state index is 2.50. The molecule has 0 heterocycles. The van der Waals surface area contributed by atoms with Gasteiger partial charge in [-0.3, -0.25) is 0 Å². The number of hydrogen-bond acceptors (Lipinski definition) is 0. The first-order valence-electron chi connectivity index (χ1n) is 4.52. The van der Waals surface area contributed by atoms with Crippen LogP contribution in [0.25, 0.3) is 0 Å². The highest BCUT2D eigenvalue weighted by Gasteiger charge is 2.12. The lowest BCUT2D eigenvalue weighted by Gasteiger charge is -2.10. The Morgan fingerprint density at radius 2 is 1.20 bits per heavy atom. The molecule has 0 rings (SSSR count). The highest BCUT2D eigenvalue weighted by molar-refractivity contribution is 6.57. The molecule has 0 saturated heterocycles. The summed E-state index contributed by atoms with van der Waals surface area (Å²) in [6, 6.07) is 0. The lowest BCUT2D eigenvalue weighted by Crippen LogP contribution is -2.12. The van der Waals surface area contributed by atoms with Gasteiger partial charge in [-0.1, -0.05) is 50.1 Å². The summed E-state index contributed by atoms with van der Waals surface area (Å²) < 4.78 is 0. The van der Waals surface area contributed by atoms with E-state index in [2.05, 4.69) is 33.5 Å². The van der Waals surface area contributed by atoms with Gasteiger partial charge in [-0.2, -0.15) is 0 Å². The Balaban J connectivity index is 3.34. The zero-order valence-corrected chi connectivity index (χ0v) is 9.30. The molecule has 0 bridgehead atoms. The van der Waals surface area contributed by atoms with Crippen molar-refractivity contribution >= 4 is 14.1 Å². The lowest BCUT2D eigenvalue weighted by atomic mass is 10.3. The van der Waals surface area contributed by atoms with E-state index in [1.54, 1.807) is 0 Å². The van der Waals surface area contributed by atoms with E-state index < -0.39 is 0 Å². The summed E-state index contributed by atoms with van der Waals surface area (Å²) in [5.74, 6) is 4.36. The van der Waals surface area contributed by atoms with Gasteiger partial charge in [-0.25, -0.2) is 0 Å². The largest absolute Gasteiger partial charge is 0.259 e. The van der Waals surface area contributed by atoms with Crippen LogP contribution in [0.1, 0.15) is 27.7 Å². The van der Waals surface area contributed by atoms with Crippen molar-refractivity contribution in [3.63, 3.8) is 0 Å². The van der Waals surface area contributed by atoms with E-state index in [9.17, 15) is 0 Å². The molecular formula is C9H21Al. The third-order valence-electron chi connectivity index (χ3n) is 1.75. The summed E-state index contributed by atoms with van der Waals surface area (Å²) in [6.07, 6.45) is 0. The van der Waals surface area contributed by atoms with E-state index in [4.69, 9.17) is 0 Å². The molecule has 0 aromatic heterocycles. The summed E-state index contributed by atoms with van der Waals surface area (Å²) in [6.45, 7) is 9.35. The second kappa shape index (κ2) is 5.22. The van der Waals surface area contributed by atoms with Gasteiger partial charge in [-0.05, 0) is 0 Å². The molecule has 0 aliphatic rings. The Morgan fingerprint density at radius 3 is 1.40 bits per heavy atom. The van der Waals surface area contributed by atoms with E-state index >= 15 is 0 Å². The van der Waals surface area contributed by atoms with Crippen LogP contribution in [-0.2, 0) is 0 Å². The fraction of sp³-hybridized carbons (Fsp3) is 1.00. The van der Waals surface area contributed by atoms with Crippen molar-refractivity contribution in [2.24, 2.45) is 11.8 Å². The molecule has 0 fully saturated rings. The zero-order chi connectivity index (χ0) is 8.15. The standard InChI is InChI=1S/2C4H9.CH3.Al/c2*1-4(2)3;;/h2*4H,1H2,2-3H3;1H3;. The molecule has 0 unspecified atom stereocenters. The first-order chi connectivity index (χ1) is 4.52. The average molecular weight is 156 g/mol. The Labute approximate surface area is 70.4 Å². The van der Waals surface area contributed by atoms with Crippen LogP contribution in [0.5, 0.6) is 0 Å². The monoisotopic (exact) mass is 156 g/mol. The second-order valence-corrected chi connectivity index (χ2v) is 7.52. The van der Waals surface area contributed by atoms with Gasteiger partial charge in [0.1, 0.15) is 0 Å². The van der Waals surface area contributed by atoms with Crippen LogP contribution in [0.3, 0.4) is 0 Å². The van der Waals surface area contributed by atoms with Crippen LogP contribution < -0.4 is 0 Å². The van der Waals surface area contributed by atoms with E-state index in [-0.39, 0.29) is 14.1 Å². The van der Waals surface area contributed by atoms with Crippen LogP contribution in [0.2, 0.25) is 16.4 Å². The fourth-order valence-electron chi connectivity index (χ4n) is 1.71. The van der Waals surface area contributed by atoms with Crippen molar-refractivity contribution in [1.82, 2.24) is 0 Å². The zero-order valence-electron chi connectivity index (χ0n) is 8.15. The highest BCUT2D eigenvalue weighted by Crippen LogP contribution is 2.13. The van der Waals surface area contributed by atoms with Crippen molar-refractivity contribution in [1.29, 1.82) is 0 Å². The minimum absolute atomic E-state index is 0.318. The first-order valence-corrected chi connectivity index (χ1v) is 7.31. The van der Waals surface area contributed by atoms with Crippen molar-refractivity contribution < 1.29 is 0 Å². The van der Waals surface area contributed by atoms with Crippen LogP contribution in [0.4, 0.5) is 0 Å². The van der Waals surface area contributed by atoms with E-state index in [1.165, 1.54) is 10.6 Å². The molecular weight excluding hydrogens is 135 g/mol. The quantitative estimate of drug-likeness (QED) is 0.547. The van der Waals surface area contributed by atoms with E-state index in [0.29, 0.717) is 0 Å². The summed E-state index contributed by atoms with van der Waals surface area (Å²) in [7, 11) is 0. The first kappa shape index (κ1) is 10.5. The third-order valence-corrected chi connectivity index (χ3v) is 5.24. The number of rotatable bonds is 4. The maximum Gasteiger partial charge on any atom is 0.259 e. The van der Waals surface area contributed by atoms with Crippen LogP contribution in [-0.4, -0.2) is 14.1 Å². The van der Waals surface area contributed by atoms with Crippen LogP contribution in [0.15, 0.2) is 0 Å². The summed E-state index contributed by atoms with van der Waals surface area (Å²) in [4.78, 5) is 0. The number of hydrogen-bond donors (Lipinski definition) is 0. The topological polar surface area (TPSA) is 0 Å². The molecule has 0 aliphatic heterocycles. The molecule has 1 heteroatoms. The molecule has 60 valence electrons. The lowest BCUT2D eigenvalue weighted by molar-refractivity contribution is 0.692. The smallest absolute Gasteiger partial charge is 0.106 e. The molecule has 10 heavy (non-hydrogen) atoms. The molecule has 0 aliphatic carbocycles. The van der Waals surface area contributed by atoms with Gasteiger partial charge in [0, 0.05) is 0 Å². The minimum atomic E-state index is -0.318. The summed E-state index contributed by atoms with van der Waals surface area (Å²) >= 11 is -0.318. The molecule has 0 spiro atoms. The normalized spacial score (nSPS) is 11.1. The van der Waals surface area contributed by atoms with Gasteiger partial charge >= 0.3 is 0 Å². The molecule has 0 aromatic carbocycles. The van der Waals surface area contributed by atoms with E-state index in [0.717, 1.165) is 11.8 Å². The van der Waals surface area contributed by atoms with Gasteiger partial charge in [0.15, 0.2) is 0 Å². The molecule has 0 atom stereocenters. The minimum Gasteiger partial charge on any atom is -0.106 e. The van der Waals surface area contributed by atoms with Gasteiger partial charge in [0.25, 0.3) is 14.1 Å². The Bertz CT molecular complexity index is 66.8. The molecule has 0 nitrogen and oxygen atoms in total. The maximum absolute atomic E-state index is 2.50. The Morgan fingerprint density at radius 1 is 0.900 bits per heavy atom. The van der Waals surface area contributed by atoms with Crippen molar-refractivity contribution in [3.8, 4) is 0 Å². The van der Waals surface area contributed by atoms with Crippen molar-refractivity contribution in [2.75, 3.05) is 0 Å². The van der Waals surface area contributed by atoms with Crippen LogP contribution in [0, 0.1) is 11.8 Å². The molecule has 0 amide bonds. The SMILES string of the molecule is CC(C)[CH2][Al]([CH3])[CH2]C(C)C. The summed E-state index contributed by atoms with van der Waals surface area (Å²) in [5.41, 5.74) is 0. The predicted molar refractivity (Wildman–Crippen MR) is 50.9 cm³/mol. The molecule has 0 aromatic rings.